The van der Waals surface area contributed by atoms with Gasteiger partial charge in [0.05, 0.1) is 21.7 Å². The van der Waals surface area contributed by atoms with E-state index in [1.807, 2.05) is 20.8 Å². The van der Waals surface area contributed by atoms with Crippen molar-refractivity contribution in [2.75, 3.05) is 11.5 Å². The first-order chi connectivity index (χ1) is 9.62. The standard InChI is InChI=1S/C14H21NO4S2/c1-10(2)15-13-8-20(16,17)9-14(13)21(18,19)12-6-4-11(3)5-7-12/h4-7,10,13-15H,8-9H2,1-3H3. The quantitative estimate of drug-likeness (QED) is 0.888. The fourth-order valence-electron chi connectivity index (χ4n) is 2.61. The summed E-state index contributed by atoms with van der Waals surface area (Å²) in [5.41, 5.74) is 0.963. The van der Waals surface area contributed by atoms with Gasteiger partial charge >= 0.3 is 0 Å². The zero-order chi connectivity index (χ0) is 15.8. The Balaban J connectivity index is 2.39. The van der Waals surface area contributed by atoms with Gasteiger partial charge in [0.25, 0.3) is 0 Å². The number of hydrogen-bond acceptors (Lipinski definition) is 5. The molecule has 0 saturated carbocycles. The van der Waals surface area contributed by atoms with Crippen LogP contribution in [-0.4, -0.2) is 45.7 Å². The molecule has 0 aliphatic carbocycles. The summed E-state index contributed by atoms with van der Waals surface area (Å²) in [6, 6.07) is 6.01. The van der Waals surface area contributed by atoms with E-state index in [-0.39, 0.29) is 22.4 Å². The van der Waals surface area contributed by atoms with Crippen molar-refractivity contribution in [3.8, 4) is 0 Å². The molecule has 0 spiro atoms. The van der Waals surface area contributed by atoms with Gasteiger partial charge in [-0.25, -0.2) is 16.8 Å². The van der Waals surface area contributed by atoms with Gasteiger partial charge in [0.2, 0.25) is 0 Å². The van der Waals surface area contributed by atoms with Gasteiger partial charge in [-0.05, 0) is 19.1 Å². The molecule has 118 valence electrons. The summed E-state index contributed by atoms with van der Waals surface area (Å²) in [6.45, 7) is 5.63. The normalized spacial score (nSPS) is 25.3. The molecular weight excluding hydrogens is 310 g/mol. The Labute approximate surface area is 126 Å². The molecule has 2 atom stereocenters. The lowest BCUT2D eigenvalue weighted by atomic mass is 10.2. The highest BCUT2D eigenvalue weighted by atomic mass is 32.2. The van der Waals surface area contributed by atoms with Crippen molar-refractivity contribution in [1.29, 1.82) is 0 Å². The molecule has 1 aliphatic rings. The second-order valence-electron chi connectivity index (χ2n) is 5.90. The molecule has 1 N–H and O–H groups in total. The number of rotatable bonds is 4. The third kappa shape index (κ3) is 3.64. The average Bonchev–Trinajstić information content (AvgIpc) is 2.64. The molecule has 0 radical (unpaired) electrons. The van der Waals surface area contributed by atoms with Gasteiger partial charge in [0, 0.05) is 12.1 Å². The topological polar surface area (TPSA) is 80.3 Å². The lowest BCUT2D eigenvalue weighted by Gasteiger charge is -2.22. The zero-order valence-electron chi connectivity index (χ0n) is 12.4. The Morgan fingerprint density at radius 1 is 1.14 bits per heavy atom. The summed E-state index contributed by atoms with van der Waals surface area (Å²) in [4.78, 5) is 0.186. The maximum absolute atomic E-state index is 12.7. The molecule has 1 aromatic carbocycles. The van der Waals surface area contributed by atoms with Gasteiger partial charge in [-0.1, -0.05) is 31.5 Å². The summed E-state index contributed by atoms with van der Waals surface area (Å²) in [6.07, 6.45) is 0. The van der Waals surface area contributed by atoms with Gasteiger partial charge in [-0.15, -0.1) is 0 Å². The maximum Gasteiger partial charge on any atom is 0.183 e. The largest absolute Gasteiger partial charge is 0.309 e. The van der Waals surface area contributed by atoms with Crippen molar-refractivity contribution in [3.05, 3.63) is 29.8 Å². The van der Waals surface area contributed by atoms with Crippen LogP contribution in [0.2, 0.25) is 0 Å². The van der Waals surface area contributed by atoms with E-state index in [2.05, 4.69) is 5.32 Å². The summed E-state index contributed by atoms with van der Waals surface area (Å²) < 4.78 is 49.2. The molecule has 1 aliphatic heterocycles. The van der Waals surface area contributed by atoms with Crippen LogP contribution < -0.4 is 5.32 Å². The SMILES string of the molecule is Cc1ccc(S(=O)(=O)C2CS(=O)(=O)CC2NC(C)C)cc1. The number of aryl methyl sites for hydroxylation is 1. The van der Waals surface area contributed by atoms with Crippen molar-refractivity contribution < 1.29 is 16.8 Å². The molecule has 1 heterocycles. The van der Waals surface area contributed by atoms with Crippen LogP contribution in [0.15, 0.2) is 29.2 Å². The molecule has 0 amide bonds. The Morgan fingerprint density at radius 2 is 1.71 bits per heavy atom. The maximum atomic E-state index is 12.7. The molecule has 1 fully saturated rings. The van der Waals surface area contributed by atoms with Crippen LogP contribution in [0.1, 0.15) is 19.4 Å². The lowest BCUT2D eigenvalue weighted by Crippen LogP contribution is -2.46. The van der Waals surface area contributed by atoms with E-state index in [0.29, 0.717) is 0 Å². The third-order valence-corrected chi connectivity index (χ3v) is 7.76. The fourth-order valence-corrected chi connectivity index (χ4v) is 7.28. The van der Waals surface area contributed by atoms with E-state index >= 15 is 0 Å². The van der Waals surface area contributed by atoms with Crippen molar-refractivity contribution in [1.82, 2.24) is 5.32 Å². The molecule has 2 rings (SSSR count). The minimum atomic E-state index is -3.66. The molecule has 0 bridgehead atoms. The summed E-state index contributed by atoms with van der Waals surface area (Å²) in [5.74, 6) is -0.436. The Bertz CT molecular complexity index is 706. The smallest absolute Gasteiger partial charge is 0.183 e. The number of benzene rings is 1. The van der Waals surface area contributed by atoms with E-state index < -0.39 is 31.0 Å². The van der Waals surface area contributed by atoms with E-state index in [1.165, 1.54) is 0 Å². The van der Waals surface area contributed by atoms with Crippen LogP contribution in [0.25, 0.3) is 0 Å². The molecule has 5 nitrogen and oxygen atoms in total. The summed E-state index contributed by atoms with van der Waals surface area (Å²) in [7, 11) is -6.99. The van der Waals surface area contributed by atoms with E-state index in [4.69, 9.17) is 0 Å². The Morgan fingerprint density at radius 3 is 2.24 bits per heavy atom. The summed E-state index contributed by atoms with van der Waals surface area (Å²) >= 11 is 0. The molecule has 7 heteroatoms. The minimum absolute atomic E-state index is 0.0269. The van der Waals surface area contributed by atoms with Gasteiger partial charge in [0.1, 0.15) is 0 Å². The van der Waals surface area contributed by atoms with Gasteiger partial charge in [-0.2, -0.15) is 0 Å². The zero-order valence-corrected chi connectivity index (χ0v) is 14.0. The predicted octanol–water partition coefficient (Wildman–Crippen LogP) is 0.932. The highest BCUT2D eigenvalue weighted by Gasteiger charge is 2.45. The average molecular weight is 331 g/mol. The fraction of sp³-hybridized carbons (Fsp3) is 0.571. The van der Waals surface area contributed by atoms with Crippen molar-refractivity contribution in [2.24, 2.45) is 0 Å². The molecule has 1 aromatic rings. The first-order valence-electron chi connectivity index (χ1n) is 6.89. The van der Waals surface area contributed by atoms with E-state index in [1.54, 1.807) is 24.3 Å². The van der Waals surface area contributed by atoms with Crippen LogP contribution in [0.4, 0.5) is 0 Å². The molecule has 0 aromatic heterocycles. The Kier molecular flexibility index (Phi) is 4.46. The van der Waals surface area contributed by atoms with Gasteiger partial charge < -0.3 is 5.32 Å². The second-order valence-corrected chi connectivity index (χ2v) is 10.2. The number of sulfone groups is 2. The molecule has 2 unspecified atom stereocenters. The minimum Gasteiger partial charge on any atom is -0.309 e. The van der Waals surface area contributed by atoms with Crippen molar-refractivity contribution in [3.63, 3.8) is 0 Å². The van der Waals surface area contributed by atoms with Crippen LogP contribution >= 0.6 is 0 Å². The number of hydrogen-bond donors (Lipinski definition) is 1. The summed E-state index contributed by atoms with van der Waals surface area (Å²) in [5, 5.41) is 2.15. The Hall–Kier alpha value is -0.920. The highest BCUT2D eigenvalue weighted by molar-refractivity contribution is 7.96. The number of nitrogens with one attached hydrogen (secondary N) is 1. The highest BCUT2D eigenvalue weighted by Crippen LogP contribution is 2.26. The first-order valence-corrected chi connectivity index (χ1v) is 10.3. The lowest BCUT2D eigenvalue weighted by molar-refractivity contribution is 0.484. The molecular formula is C14H21NO4S2. The molecule has 21 heavy (non-hydrogen) atoms. The van der Waals surface area contributed by atoms with E-state index in [9.17, 15) is 16.8 Å². The van der Waals surface area contributed by atoms with E-state index in [0.717, 1.165) is 5.56 Å². The van der Waals surface area contributed by atoms with Crippen LogP contribution in [0.5, 0.6) is 0 Å². The van der Waals surface area contributed by atoms with Crippen molar-refractivity contribution >= 4 is 19.7 Å². The van der Waals surface area contributed by atoms with Gasteiger partial charge in [0.15, 0.2) is 19.7 Å². The molecule has 1 saturated heterocycles. The predicted molar refractivity (Wildman–Crippen MR) is 82.9 cm³/mol. The van der Waals surface area contributed by atoms with Crippen LogP contribution in [0.3, 0.4) is 0 Å². The second kappa shape index (κ2) is 5.70. The van der Waals surface area contributed by atoms with Crippen LogP contribution in [0, 0.1) is 6.92 Å². The monoisotopic (exact) mass is 331 g/mol. The van der Waals surface area contributed by atoms with Crippen molar-refractivity contribution in [2.45, 2.75) is 43.0 Å². The van der Waals surface area contributed by atoms with Crippen LogP contribution in [-0.2, 0) is 19.7 Å². The van der Waals surface area contributed by atoms with Gasteiger partial charge in [-0.3, -0.25) is 0 Å². The first kappa shape index (κ1) is 16.5. The third-order valence-electron chi connectivity index (χ3n) is 3.60.